The Bertz CT molecular complexity index is 737. The number of carbonyl (C=O) groups excluding carboxylic acids is 1. The van der Waals surface area contributed by atoms with Crippen LogP contribution in [0.5, 0.6) is 0 Å². The number of benzene rings is 1. The fourth-order valence-electron chi connectivity index (χ4n) is 2.57. The lowest BCUT2D eigenvalue weighted by Gasteiger charge is -2.08. The van der Waals surface area contributed by atoms with Gasteiger partial charge in [0.1, 0.15) is 5.82 Å². The summed E-state index contributed by atoms with van der Waals surface area (Å²) in [6.45, 7) is 3.96. The molecule has 5 nitrogen and oxygen atoms in total. The first-order chi connectivity index (χ1) is 11.6. The van der Waals surface area contributed by atoms with Gasteiger partial charge in [0.15, 0.2) is 0 Å². The molecular formula is C19H25N3O2. The van der Waals surface area contributed by atoms with Crippen LogP contribution in [0.4, 0.5) is 5.69 Å². The molecule has 1 amide bonds. The summed E-state index contributed by atoms with van der Waals surface area (Å²) in [6, 6.07) is 8.82. The van der Waals surface area contributed by atoms with Crippen molar-refractivity contribution in [2.45, 2.75) is 52.4 Å². The molecule has 0 radical (unpaired) electrons. The number of anilines is 1. The number of aryl methyl sites for hydroxylation is 1. The predicted octanol–water partition coefficient (Wildman–Crippen LogP) is 4.04. The van der Waals surface area contributed by atoms with Crippen LogP contribution in [-0.2, 0) is 4.79 Å². The number of carbonyl (C=O) groups is 1. The first-order valence-corrected chi connectivity index (χ1v) is 8.56. The van der Waals surface area contributed by atoms with Crippen LogP contribution < -0.4 is 10.9 Å². The zero-order valence-electron chi connectivity index (χ0n) is 14.4. The molecule has 1 aromatic carbocycles. The maximum atomic E-state index is 12.0. The van der Waals surface area contributed by atoms with E-state index in [2.05, 4.69) is 22.2 Å². The Morgan fingerprint density at radius 2 is 1.96 bits per heavy atom. The molecule has 0 aliphatic carbocycles. The summed E-state index contributed by atoms with van der Waals surface area (Å²) < 4.78 is 0. The molecule has 2 rings (SSSR count). The highest BCUT2D eigenvalue weighted by molar-refractivity contribution is 5.91. The Hall–Kier alpha value is -2.43. The molecule has 0 unspecified atom stereocenters. The van der Waals surface area contributed by atoms with Crippen molar-refractivity contribution in [1.29, 1.82) is 0 Å². The molecule has 0 aliphatic rings. The minimum absolute atomic E-state index is 0.0225. The number of nitrogens with zero attached hydrogens (tertiary/aromatic N) is 1. The number of H-pyrrole nitrogens is 1. The minimum Gasteiger partial charge on any atom is -0.326 e. The van der Waals surface area contributed by atoms with Crippen molar-refractivity contribution in [3.63, 3.8) is 0 Å². The number of hydrogen-bond acceptors (Lipinski definition) is 3. The smallest absolute Gasteiger partial charge is 0.251 e. The second-order valence-corrected chi connectivity index (χ2v) is 6.03. The van der Waals surface area contributed by atoms with E-state index in [1.165, 1.54) is 25.3 Å². The van der Waals surface area contributed by atoms with E-state index in [4.69, 9.17) is 0 Å². The quantitative estimate of drug-likeness (QED) is 0.718. The monoisotopic (exact) mass is 327 g/mol. The summed E-state index contributed by atoms with van der Waals surface area (Å²) in [4.78, 5) is 30.6. The van der Waals surface area contributed by atoms with Crippen molar-refractivity contribution >= 4 is 11.6 Å². The topological polar surface area (TPSA) is 74.8 Å². The summed E-state index contributed by atoms with van der Waals surface area (Å²) >= 11 is 0. The predicted molar refractivity (Wildman–Crippen MR) is 97.0 cm³/mol. The van der Waals surface area contributed by atoms with Crippen LogP contribution in [-0.4, -0.2) is 15.9 Å². The molecule has 5 heteroatoms. The van der Waals surface area contributed by atoms with Gasteiger partial charge in [-0.3, -0.25) is 9.59 Å². The second kappa shape index (κ2) is 9.01. The van der Waals surface area contributed by atoms with Gasteiger partial charge in [0.2, 0.25) is 5.91 Å². The third-order valence-corrected chi connectivity index (χ3v) is 3.80. The number of aromatic nitrogens is 2. The second-order valence-electron chi connectivity index (χ2n) is 6.03. The number of rotatable bonds is 8. The van der Waals surface area contributed by atoms with Gasteiger partial charge < -0.3 is 10.3 Å². The maximum Gasteiger partial charge on any atom is 0.251 e. The van der Waals surface area contributed by atoms with Gasteiger partial charge >= 0.3 is 0 Å². The number of nitrogens with one attached hydrogen (secondary N) is 2. The van der Waals surface area contributed by atoms with Gasteiger partial charge in [-0.15, -0.1) is 0 Å². The van der Waals surface area contributed by atoms with E-state index in [1.807, 2.05) is 24.3 Å². The van der Waals surface area contributed by atoms with Crippen LogP contribution in [0.2, 0.25) is 0 Å². The van der Waals surface area contributed by atoms with E-state index in [1.54, 1.807) is 6.92 Å². The van der Waals surface area contributed by atoms with Crippen LogP contribution in [0.3, 0.4) is 0 Å². The van der Waals surface area contributed by atoms with E-state index in [-0.39, 0.29) is 11.5 Å². The van der Waals surface area contributed by atoms with Gasteiger partial charge in [-0.2, -0.15) is 0 Å². The van der Waals surface area contributed by atoms with Crippen LogP contribution in [0.15, 0.2) is 35.1 Å². The summed E-state index contributed by atoms with van der Waals surface area (Å²) in [5, 5.41) is 2.91. The van der Waals surface area contributed by atoms with Gasteiger partial charge in [-0.25, -0.2) is 4.98 Å². The highest BCUT2D eigenvalue weighted by atomic mass is 16.1. The molecule has 0 spiro atoms. The lowest BCUT2D eigenvalue weighted by molar-refractivity contribution is -0.116. The van der Waals surface area contributed by atoms with Crippen molar-refractivity contribution in [1.82, 2.24) is 9.97 Å². The minimum atomic E-state index is -0.181. The normalized spacial score (nSPS) is 10.6. The van der Waals surface area contributed by atoms with Gasteiger partial charge in [0, 0.05) is 29.4 Å². The van der Waals surface area contributed by atoms with Crippen LogP contribution in [0, 0.1) is 6.92 Å². The summed E-state index contributed by atoms with van der Waals surface area (Å²) in [5.74, 6) is 0.532. The molecule has 0 aliphatic heterocycles. The maximum absolute atomic E-state index is 12.0. The molecule has 2 N–H and O–H groups in total. The van der Waals surface area contributed by atoms with Crippen molar-refractivity contribution in [3.8, 4) is 11.4 Å². The standard InChI is InChI=1S/C19H25N3O2/c1-3-4-5-6-7-11-17(23)21-16-10-8-9-15(13-16)19-20-14(2)12-18(24)22-19/h8-10,12-13H,3-7,11H2,1-2H3,(H,21,23)(H,20,22,24). The Morgan fingerprint density at radius 1 is 1.17 bits per heavy atom. The third kappa shape index (κ3) is 5.65. The molecule has 128 valence electrons. The van der Waals surface area contributed by atoms with Gasteiger partial charge in [-0.05, 0) is 25.5 Å². The Labute approximate surface area is 142 Å². The zero-order chi connectivity index (χ0) is 17.4. The largest absolute Gasteiger partial charge is 0.326 e. The third-order valence-electron chi connectivity index (χ3n) is 3.80. The van der Waals surface area contributed by atoms with Crippen LogP contribution in [0.25, 0.3) is 11.4 Å². The molecule has 24 heavy (non-hydrogen) atoms. The van der Waals surface area contributed by atoms with Gasteiger partial charge in [-0.1, -0.05) is 44.7 Å². The fraction of sp³-hybridized carbons (Fsp3) is 0.421. The number of aromatic amines is 1. The molecule has 2 aromatic rings. The summed E-state index contributed by atoms with van der Waals surface area (Å²) in [6.07, 6.45) is 6.16. The number of unbranched alkanes of at least 4 members (excludes halogenated alkanes) is 4. The van der Waals surface area contributed by atoms with E-state index >= 15 is 0 Å². The molecule has 0 atom stereocenters. The van der Waals surface area contributed by atoms with Crippen molar-refractivity contribution in [3.05, 3.63) is 46.4 Å². The average molecular weight is 327 g/mol. The highest BCUT2D eigenvalue weighted by Crippen LogP contribution is 2.19. The van der Waals surface area contributed by atoms with Crippen LogP contribution >= 0.6 is 0 Å². The first-order valence-electron chi connectivity index (χ1n) is 8.56. The molecule has 0 saturated heterocycles. The molecule has 0 saturated carbocycles. The Kier molecular flexibility index (Phi) is 6.73. The Balaban J connectivity index is 1.97. The molecule has 0 fully saturated rings. The molecule has 0 bridgehead atoms. The van der Waals surface area contributed by atoms with Crippen molar-refractivity contribution in [2.24, 2.45) is 0 Å². The van der Waals surface area contributed by atoms with Gasteiger partial charge in [0.05, 0.1) is 0 Å². The molecule has 1 heterocycles. The van der Waals surface area contributed by atoms with E-state index in [0.29, 0.717) is 17.9 Å². The SMILES string of the molecule is CCCCCCCC(=O)Nc1cccc(-c2nc(C)cc(=O)[nH]2)c1. The summed E-state index contributed by atoms with van der Waals surface area (Å²) in [5.41, 5.74) is 1.97. The van der Waals surface area contributed by atoms with E-state index < -0.39 is 0 Å². The van der Waals surface area contributed by atoms with E-state index in [9.17, 15) is 9.59 Å². The van der Waals surface area contributed by atoms with Crippen LogP contribution in [0.1, 0.15) is 51.1 Å². The van der Waals surface area contributed by atoms with E-state index in [0.717, 1.165) is 24.1 Å². The lowest BCUT2D eigenvalue weighted by Crippen LogP contribution is -2.11. The lowest BCUT2D eigenvalue weighted by atomic mass is 10.1. The molecule has 1 aromatic heterocycles. The fourth-order valence-corrected chi connectivity index (χ4v) is 2.57. The number of amides is 1. The molecular weight excluding hydrogens is 302 g/mol. The first kappa shape index (κ1) is 17.9. The van der Waals surface area contributed by atoms with Crippen molar-refractivity contribution < 1.29 is 4.79 Å². The summed E-state index contributed by atoms with van der Waals surface area (Å²) in [7, 11) is 0. The van der Waals surface area contributed by atoms with Gasteiger partial charge in [0.25, 0.3) is 5.56 Å². The highest BCUT2D eigenvalue weighted by Gasteiger charge is 2.06. The zero-order valence-corrected chi connectivity index (χ0v) is 14.4. The average Bonchev–Trinajstić information content (AvgIpc) is 2.54. The number of hydrogen-bond donors (Lipinski definition) is 2. The Morgan fingerprint density at radius 3 is 2.71 bits per heavy atom. The van der Waals surface area contributed by atoms with Crippen molar-refractivity contribution in [2.75, 3.05) is 5.32 Å².